The van der Waals surface area contributed by atoms with E-state index in [9.17, 15) is 0 Å². The third kappa shape index (κ3) is 2.79. The molecule has 3 rings (SSSR count). The van der Waals surface area contributed by atoms with Crippen LogP contribution in [-0.4, -0.2) is 23.3 Å². The van der Waals surface area contributed by atoms with Gasteiger partial charge in [-0.2, -0.15) is 0 Å². The van der Waals surface area contributed by atoms with Crippen LogP contribution in [0.1, 0.15) is 25.0 Å². The third-order valence-electron chi connectivity index (χ3n) is 4.51. The normalized spacial score (nSPS) is 11.0. The Morgan fingerprint density at radius 1 is 0.826 bits per heavy atom. The van der Waals surface area contributed by atoms with Gasteiger partial charge in [0.1, 0.15) is 5.69 Å². The second-order valence-corrected chi connectivity index (χ2v) is 5.89. The van der Waals surface area contributed by atoms with Gasteiger partial charge >= 0.3 is 0 Å². The van der Waals surface area contributed by atoms with Crippen molar-refractivity contribution in [2.75, 3.05) is 18.0 Å². The van der Waals surface area contributed by atoms with E-state index in [0.717, 1.165) is 35.6 Å². The summed E-state index contributed by atoms with van der Waals surface area (Å²) in [5.41, 5.74) is 4.66. The Morgan fingerprint density at radius 3 is 2.17 bits per heavy atom. The van der Waals surface area contributed by atoms with E-state index in [4.69, 9.17) is 0 Å². The van der Waals surface area contributed by atoms with E-state index < -0.39 is 0 Å². The maximum absolute atomic E-state index is 4.57. The molecule has 2 aromatic carbocycles. The molecule has 1 aromatic heterocycles. The van der Waals surface area contributed by atoms with Crippen LogP contribution in [0.5, 0.6) is 0 Å². The van der Waals surface area contributed by atoms with Crippen molar-refractivity contribution in [1.29, 1.82) is 0 Å². The second-order valence-electron chi connectivity index (χ2n) is 5.89. The van der Waals surface area contributed by atoms with Crippen LogP contribution in [0.15, 0.2) is 42.5 Å². The van der Waals surface area contributed by atoms with Gasteiger partial charge in [0.05, 0.1) is 0 Å². The van der Waals surface area contributed by atoms with Gasteiger partial charge in [0.25, 0.3) is 0 Å². The maximum Gasteiger partial charge on any atom is 0.159 e. The molecule has 0 N–H and O–H groups in total. The Morgan fingerprint density at radius 2 is 1.52 bits per heavy atom. The van der Waals surface area contributed by atoms with Crippen molar-refractivity contribution in [3.63, 3.8) is 0 Å². The Kier molecular flexibility index (Phi) is 4.28. The highest BCUT2D eigenvalue weighted by molar-refractivity contribution is 6.00. The van der Waals surface area contributed by atoms with Gasteiger partial charge in [-0.05, 0) is 44.9 Å². The van der Waals surface area contributed by atoms with Crippen LogP contribution in [0.25, 0.3) is 22.0 Å². The van der Waals surface area contributed by atoms with Crippen LogP contribution in [0.4, 0.5) is 5.82 Å². The lowest BCUT2D eigenvalue weighted by Gasteiger charge is -2.21. The summed E-state index contributed by atoms with van der Waals surface area (Å²) >= 11 is 0. The lowest BCUT2D eigenvalue weighted by atomic mass is 10.0. The standard InChI is InChI=1S/C20H23N3/c1-5-23(6-2)20-18-10-8-7-9-17(18)19(21-22-20)16-12-11-14(3)15(4)13-16/h7-13H,5-6H2,1-4H3. The van der Waals surface area contributed by atoms with Gasteiger partial charge in [-0.1, -0.05) is 36.4 Å². The zero-order valence-corrected chi connectivity index (χ0v) is 14.3. The predicted molar refractivity (Wildman–Crippen MR) is 98.0 cm³/mol. The molecule has 0 bridgehead atoms. The van der Waals surface area contributed by atoms with E-state index >= 15 is 0 Å². The number of nitrogens with zero attached hydrogens (tertiary/aromatic N) is 3. The van der Waals surface area contributed by atoms with Crippen molar-refractivity contribution in [3.8, 4) is 11.3 Å². The molecule has 0 saturated carbocycles. The van der Waals surface area contributed by atoms with Crippen LogP contribution >= 0.6 is 0 Å². The Hall–Kier alpha value is -2.42. The fourth-order valence-electron chi connectivity index (χ4n) is 2.95. The zero-order chi connectivity index (χ0) is 16.4. The van der Waals surface area contributed by atoms with Gasteiger partial charge < -0.3 is 4.90 Å². The fourth-order valence-corrected chi connectivity index (χ4v) is 2.95. The summed E-state index contributed by atoms with van der Waals surface area (Å²) in [4.78, 5) is 2.25. The van der Waals surface area contributed by atoms with Crippen molar-refractivity contribution >= 4 is 16.6 Å². The first-order valence-electron chi connectivity index (χ1n) is 8.23. The van der Waals surface area contributed by atoms with Crippen molar-refractivity contribution < 1.29 is 0 Å². The Balaban J connectivity index is 2.24. The summed E-state index contributed by atoms with van der Waals surface area (Å²) in [6.45, 7) is 10.4. The van der Waals surface area contributed by atoms with Crippen molar-refractivity contribution in [2.45, 2.75) is 27.7 Å². The van der Waals surface area contributed by atoms with Gasteiger partial charge in [0.2, 0.25) is 0 Å². The lowest BCUT2D eigenvalue weighted by molar-refractivity contribution is 0.833. The minimum Gasteiger partial charge on any atom is -0.355 e. The zero-order valence-electron chi connectivity index (χ0n) is 14.3. The van der Waals surface area contributed by atoms with E-state index in [1.165, 1.54) is 16.5 Å². The van der Waals surface area contributed by atoms with Crippen LogP contribution in [0.3, 0.4) is 0 Å². The summed E-state index contributed by atoms with van der Waals surface area (Å²) in [6.07, 6.45) is 0. The first-order valence-corrected chi connectivity index (χ1v) is 8.23. The van der Waals surface area contributed by atoms with Gasteiger partial charge in [-0.15, -0.1) is 10.2 Å². The molecule has 0 fully saturated rings. The molecule has 3 heteroatoms. The van der Waals surface area contributed by atoms with Crippen molar-refractivity contribution in [3.05, 3.63) is 53.6 Å². The molecule has 0 atom stereocenters. The monoisotopic (exact) mass is 305 g/mol. The summed E-state index contributed by atoms with van der Waals surface area (Å²) in [7, 11) is 0. The quantitative estimate of drug-likeness (QED) is 0.696. The van der Waals surface area contributed by atoms with E-state index in [2.05, 4.69) is 85.3 Å². The molecule has 23 heavy (non-hydrogen) atoms. The molecule has 0 unspecified atom stereocenters. The van der Waals surface area contributed by atoms with Gasteiger partial charge in [0, 0.05) is 29.4 Å². The van der Waals surface area contributed by atoms with Crippen molar-refractivity contribution in [1.82, 2.24) is 10.2 Å². The molecule has 3 nitrogen and oxygen atoms in total. The number of rotatable bonds is 4. The summed E-state index contributed by atoms with van der Waals surface area (Å²) in [5.74, 6) is 0.971. The van der Waals surface area contributed by atoms with Crippen LogP contribution in [0, 0.1) is 13.8 Å². The minimum absolute atomic E-state index is 0.929. The molecule has 118 valence electrons. The maximum atomic E-state index is 4.57. The molecule has 0 aliphatic carbocycles. The van der Waals surface area contributed by atoms with Gasteiger partial charge in [-0.25, -0.2) is 0 Å². The highest BCUT2D eigenvalue weighted by Crippen LogP contribution is 2.31. The molecule has 0 saturated heterocycles. The van der Waals surface area contributed by atoms with Crippen LogP contribution < -0.4 is 4.90 Å². The number of fused-ring (bicyclic) bond motifs is 1. The van der Waals surface area contributed by atoms with Crippen molar-refractivity contribution in [2.24, 2.45) is 0 Å². The molecular formula is C20H23N3. The predicted octanol–water partition coefficient (Wildman–Crippen LogP) is 4.76. The SMILES string of the molecule is CCN(CC)c1nnc(-c2ccc(C)c(C)c2)c2ccccc12. The topological polar surface area (TPSA) is 29.0 Å². The fraction of sp³-hybridized carbons (Fsp3) is 0.300. The van der Waals surface area contributed by atoms with Crippen LogP contribution in [0.2, 0.25) is 0 Å². The highest BCUT2D eigenvalue weighted by Gasteiger charge is 2.14. The first kappa shape index (κ1) is 15.5. The third-order valence-corrected chi connectivity index (χ3v) is 4.51. The smallest absolute Gasteiger partial charge is 0.159 e. The van der Waals surface area contributed by atoms with E-state index in [1.54, 1.807) is 0 Å². The molecule has 1 heterocycles. The number of hydrogen-bond acceptors (Lipinski definition) is 3. The lowest BCUT2D eigenvalue weighted by Crippen LogP contribution is -2.23. The largest absolute Gasteiger partial charge is 0.355 e. The summed E-state index contributed by atoms with van der Waals surface area (Å²) < 4.78 is 0. The number of aryl methyl sites for hydroxylation is 2. The second kappa shape index (κ2) is 6.37. The Bertz CT molecular complexity index is 835. The average Bonchev–Trinajstić information content (AvgIpc) is 2.58. The van der Waals surface area contributed by atoms with Gasteiger partial charge in [0.15, 0.2) is 5.82 Å². The number of anilines is 1. The van der Waals surface area contributed by atoms with E-state index in [1.807, 2.05) is 0 Å². The Labute approximate surface area is 138 Å². The molecule has 3 aromatic rings. The molecular weight excluding hydrogens is 282 g/mol. The number of hydrogen-bond donors (Lipinski definition) is 0. The van der Waals surface area contributed by atoms with Gasteiger partial charge in [-0.3, -0.25) is 0 Å². The molecule has 0 aliphatic rings. The van der Waals surface area contributed by atoms with E-state index in [0.29, 0.717) is 0 Å². The first-order chi connectivity index (χ1) is 11.2. The minimum atomic E-state index is 0.929. The summed E-state index contributed by atoms with van der Waals surface area (Å²) in [6, 6.07) is 14.9. The summed E-state index contributed by atoms with van der Waals surface area (Å²) in [5, 5.41) is 11.5. The number of aromatic nitrogens is 2. The molecule has 0 amide bonds. The highest BCUT2D eigenvalue weighted by atomic mass is 15.3. The van der Waals surface area contributed by atoms with E-state index in [-0.39, 0.29) is 0 Å². The average molecular weight is 305 g/mol. The molecule has 0 radical (unpaired) electrons. The number of benzene rings is 2. The molecule has 0 spiro atoms. The van der Waals surface area contributed by atoms with Crippen LogP contribution in [-0.2, 0) is 0 Å². The molecule has 0 aliphatic heterocycles.